The van der Waals surface area contributed by atoms with Gasteiger partial charge < -0.3 is 20.4 Å². The molecule has 0 aromatic heterocycles. The summed E-state index contributed by atoms with van der Waals surface area (Å²) in [7, 11) is 0. The number of nitrogens with one attached hydrogen (secondary N) is 2. The van der Waals surface area contributed by atoms with Gasteiger partial charge in [-0.2, -0.15) is 0 Å². The molecule has 0 spiro atoms. The van der Waals surface area contributed by atoms with Crippen molar-refractivity contribution in [1.29, 1.82) is 0 Å². The number of ether oxygens (including phenoxy) is 1. The van der Waals surface area contributed by atoms with E-state index in [2.05, 4.69) is 10.7 Å². The van der Waals surface area contributed by atoms with E-state index in [1.807, 2.05) is 54.6 Å². The minimum Gasteiger partial charge on any atom is -0.459 e. The number of fused-ring (bicyclic) bond motifs is 1. The van der Waals surface area contributed by atoms with Gasteiger partial charge in [0.1, 0.15) is 6.61 Å². The van der Waals surface area contributed by atoms with Gasteiger partial charge in [0.2, 0.25) is 5.91 Å². The van der Waals surface area contributed by atoms with Crippen molar-refractivity contribution in [2.75, 3.05) is 18.1 Å². The Morgan fingerprint density at radius 2 is 1.89 bits per heavy atom. The Labute approximate surface area is 157 Å². The topological polar surface area (TPSA) is 96.7 Å². The van der Waals surface area contributed by atoms with Crippen LogP contribution >= 0.6 is 0 Å². The number of hydrazine groups is 1. The molecule has 27 heavy (non-hydrogen) atoms. The van der Waals surface area contributed by atoms with Crippen LogP contribution in [-0.4, -0.2) is 25.0 Å². The van der Waals surface area contributed by atoms with Crippen LogP contribution in [-0.2, 0) is 20.9 Å². The van der Waals surface area contributed by atoms with Crippen molar-refractivity contribution in [2.24, 2.45) is 5.84 Å². The minimum absolute atomic E-state index is 0.0185. The lowest BCUT2D eigenvalue weighted by Gasteiger charge is -2.23. The highest BCUT2D eigenvalue weighted by Crippen LogP contribution is 2.30. The third-order valence-electron chi connectivity index (χ3n) is 4.26. The second kappa shape index (κ2) is 8.37. The van der Waals surface area contributed by atoms with Crippen LogP contribution < -0.4 is 21.5 Å². The summed E-state index contributed by atoms with van der Waals surface area (Å²) in [4.78, 5) is 25.7. The van der Waals surface area contributed by atoms with Gasteiger partial charge in [-0.1, -0.05) is 48.5 Å². The number of carbonyl (C=O) groups is 2. The van der Waals surface area contributed by atoms with Crippen molar-refractivity contribution < 1.29 is 14.3 Å². The molecule has 0 aliphatic carbocycles. The molecule has 0 radical (unpaired) electrons. The molecule has 140 valence electrons. The first-order valence-electron chi connectivity index (χ1n) is 8.61. The van der Waals surface area contributed by atoms with E-state index >= 15 is 0 Å². The summed E-state index contributed by atoms with van der Waals surface area (Å²) in [6.45, 7) is 1.87. The minimum atomic E-state index is -0.410. The zero-order valence-electron chi connectivity index (χ0n) is 15.1. The second-order valence-electron chi connectivity index (χ2n) is 6.11. The highest BCUT2D eigenvalue weighted by molar-refractivity contribution is 6.00. The number of anilines is 1. The Morgan fingerprint density at radius 3 is 2.59 bits per heavy atom. The first-order chi connectivity index (χ1) is 13.1. The van der Waals surface area contributed by atoms with E-state index < -0.39 is 5.97 Å². The van der Waals surface area contributed by atoms with Gasteiger partial charge in [0.15, 0.2) is 0 Å². The average molecular weight is 366 g/mol. The zero-order chi connectivity index (χ0) is 19.2. The lowest BCUT2D eigenvalue weighted by Crippen LogP contribution is -2.35. The number of para-hydroxylation sites is 1. The van der Waals surface area contributed by atoms with Crippen LogP contribution in [0.3, 0.4) is 0 Å². The molecule has 0 bridgehead atoms. The molecule has 4 N–H and O–H groups in total. The van der Waals surface area contributed by atoms with E-state index in [0.29, 0.717) is 17.9 Å². The van der Waals surface area contributed by atoms with Crippen LogP contribution in [0, 0.1) is 0 Å². The molecule has 0 unspecified atom stereocenters. The maximum Gasteiger partial charge on any atom is 0.303 e. The van der Waals surface area contributed by atoms with E-state index in [9.17, 15) is 9.59 Å². The molecule has 7 heteroatoms. The lowest BCUT2D eigenvalue weighted by atomic mass is 10.1. The Hall–Kier alpha value is -3.32. The van der Waals surface area contributed by atoms with Crippen molar-refractivity contribution in [3.63, 3.8) is 0 Å². The Morgan fingerprint density at radius 1 is 1.19 bits per heavy atom. The summed E-state index contributed by atoms with van der Waals surface area (Å²) >= 11 is 0. The molecule has 0 fully saturated rings. The Kier molecular flexibility index (Phi) is 5.73. The largest absolute Gasteiger partial charge is 0.459 e. The summed E-state index contributed by atoms with van der Waals surface area (Å²) in [5.74, 6) is 5.18. The van der Waals surface area contributed by atoms with Crippen molar-refractivity contribution in [1.82, 2.24) is 10.7 Å². The van der Waals surface area contributed by atoms with E-state index in [1.54, 1.807) is 4.90 Å². The summed E-state index contributed by atoms with van der Waals surface area (Å²) in [6.07, 6.45) is 0. The number of carbonyl (C=O) groups excluding carboxylic acids is 2. The van der Waals surface area contributed by atoms with Crippen LogP contribution in [0.4, 0.5) is 5.69 Å². The molecule has 1 amide bonds. The third-order valence-corrected chi connectivity index (χ3v) is 4.26. The van der Waals surface area contributed by atoms with Crippen LogP contribution in [0.15, 0.2) is 60.3 Å². The molecule has 1 aliphatic heterocycles. The number of nitrogens with two attached hydrogens (primary N) is 1. The number of esters is 1. The molecule has 0 atom stereocenters. The van der Waals surface area contributed by atoms with Gasteiger partial charge in [-0.15, -0.1) is 0 Å². The quantitative estimate of drug-likeness (QED) is 0.422. The summed E-state index contributed by atoms with van der Waals surface area (Å²) in [6, 6.07) is 17.4. The SMILES string of the molecule is CC(=O)OC/C(NN)=C1/NCC(=O)N(Cc2ccccc2)c2ccccc21. The molecule has 2 aromatic carbocycles. The van der Waals surface area contributed by atoms with Gasteiger partial charge >= 0.3 is 5.97 Å². The Balaban J connectivity index is 2.03. The van der Waals surface area contributed by atoms with E-state index in [0.717, 1.165) is 16.8 Å². The highest BCUT2D eigenvalue weighted by Gasteiger charge is 2.26. The molecular formula is C20H22N4O3. The average Bonchev–Trinajstić information content (AvgIpc) is 2.81. The molecule has 0 saturated carbocycles. The Bertz CT molecular complexity index is 865. The summed E-state index contributed by atoms with van der Waals surface area (Å²) < 4.78 is 5.08. The van der Waals surface area contributed by atoms with Gasteiger partial charge in [0.25, 0.3) is 0 Å². The molecule has 7 nitrogen and oxygen atoms in total. The van der Waals surface area contributed by atoms with Crippen LogP contribution in [0.2, 0.25) is 0 Å². The van der Waals surface area contributed by atoms with E-state index in [4.69, 9.17) is 10.6 Å². The first kappa shape index (κ1) is 18.5. The fraction of sp³-hybridized carbons (Fsp3) is 0.200. The summed E-state index contributed by atoms with van der Waals surface area (Å²) in [5, 5.41) is 3.13. The first-order valence-corrected chi connectivity index (χ1v) is 8.61. The number of benzene rings is 2. The van der Waals surface area contributed by atoms with Gasteiger partial charge in [-0.3, -0.25) is 15.4 Å². The smallest absolute Gasteiger partial charge is 0.303 e. The normalized spacial score (nSPS) is 15.3. The van der Waals surface area contributed by atoms with Gasteiger partial charge in [-0.25, -0.2) is 0 Å². The molecule has 2 aromatic rings. The molecule has 3 rings (SSSR count). The maximum atomic E-state index is 12.8. The van der Waals surface area contributed by atoms with Gasteiger partial charge in [-0.05, 0) is 11.6 Å². The van der Waals surface area contributed by atoms with Crippen molar-refractivity contribution in [3.05, 3.63) is 71.4 Å². The van der Waals surface area contributed by atoms with Gasteiger partial charge in [0.05, 0.1) is 30.2 Å². The van der Waals surface area contributed by atoms with Crippen LogP contribution in [0.25, 0.3) is 5.70 Å². The lowest BCUT2D eigenvalue weighted by molar-refractivity contribution is -0.140. The van der Waals surface area contributed by atoms with Crippen LogP contribution in [0.5, 0.6) is 0 Å². The van der Waals surface area contributed by atoms with Crippen LogP contribution in [0.1, 0.15) is 18.1 Å². The third kappa shape index (κ3) is 4.27. The molecule has 0 saturated heterocycles. The number of hydrogen-bond acceptors (Lipinski definition) is 6. The maximum absolute atomic E-state index is 12.8. The zero-order valence-corrected chi connectivity index (χ0v) is 15.1. The van der Waals surface area contributed by atoms with Crippen molar-refractivity contribution >= 4 is 23.3 Å². The number of amides is 1. The molecular weight excluding hydrogens is 344 g/mol. The fourth-order valence-corrected chi connectivity index (χ4v) is 2.98. The number of nitrogens with zero attached hydrogens (tertiary/aromatic N) is 1. The van der Waals surface area contributed by atoms with Gasteiger partial charge in [0, 0.05) is 12.5 Å². The molecule has 1 heterocycles. The second-order valence-corrected chi connectivity index (χ2v) is 6.11. The monoisotopic (exact) mass is 366 g/mol. The highest BCUT2D eigenvalue weighted by atomic mass is 16.5. The molecule has 1 aliphatic rings. The van der Waals surface area contributed by atoms with Crippen molar-refractivity contribution in [3.8, 4) is 0 Å². The number of rotatable bonds is 5. The van der Waals surface area contributed by atoms with E-state index in [-0.39, 0.29) is 19.1 Å². The fourth-order valence-electron chi connectivity index (χ4n) is 2.98. The predicted octanol–water partition coefficient (Wildman–Crippen LogP) is 1.52. The summed E-state index contributed by atoms with van der Waals surface area (Å²) in [5.41, 5.74) is 6.32. The number of hydrogen-bond donors (Lipinski definition) is 3. The van der Waals surface area contributed by atoms with Crippen molar-refractivity contribution in [2.45, 2.75) is 13.5 Å². The predicted molar refractivity (Wildman–Crippen MR) is 103 cm³/mol. The standard InChI is InChI=1S/C20H22N4O3/c1-14(25)27-13-17(23-21)20-16-9-5-6-10-18(16)24(19(26)11-22-20)12-15-7-3-2-4-8-15/h2-10,22-23H,11-13,21H2,1H3/b20-17-. The van der Waals surface area contributed by atoms with E-state index in [1.165, 1.54) is 6.92 Å².